The van der Waals surface area contributed by atoms with Crippen LogP contribution in [0.15, 0.2) is 6.07 Å². The van der Waals surface area contributed by atoms with E-state index < -0.39 is 0 Å². The average molecular weight is 219 g/mol. The fourth-order valence-electron chi connectivity index (χ4n) is 2.57. The van der Waals surface area contributed by atoms with Gasteiger partial charge in [-0.05, 0) is 25.7 Å². The van der Waals surface area contributed by atoms with Gasteiger partial charge in [0.1, 0.15) is 11.6 Å². The Morgan fingerprint density at radius 1 is 1.31 bits per heavy atom. The lowest BCUT2D eigenvalue weighted by Crippen LogP contribution is -2.15. The van der Waals surface area contributed by atoms with Crippen molar-refractivity contribution in [3.8, 4) is 0 Å². The molecule has 2 unspecified atom stereocenters. The van der Waals surface area contributed by atoms with E-state index in [2.05, 4.69) is 22.2 Å². The number of hydrogen-bond acceptors (Lipinski definition) is 3. The summed E-state index contributed by atoms with van der Waals surface area (Å²) in [6.07, 6.45) is 5.17. The van der Waals surface area contributed by atoms with Crippen molar-refractivity contribution in [3.63, 3.8) is 0 Å². The van der Waals surface area contributed by atoms with E-state index in [1.165, 1.54) is 25.7 Å². The van der Waals surface area contributed by atoms with Gasteiger partial charge in [0.25, 0.3) is 0 Å². The van der Waals surface area contributed by atoms with Crippen molar-refractivity contribution < 1.29 is 0 Å². The maximum Gasteiger partial charge on any atom is 0.134 e. The van der Waals surface area contributed by atoms with Gasteiger partial charge in [-0.25, -0.2) is 9.97 Å². The first-order chi connectivity index (χ1) is 7.69. The summed E-state index contributed by atoms with van der Waals surface area (Å²) in [5.74, 6) is 3.37. The molecular formula is C13H21N3. The summed E-state index contributed by atoms with van der Waals surface area (Å²) in [7, 11) is 1.91. The Bertz CT molecular complexity index is 362. The average Bonchev–Trinajstić information content (AvgIpc) is 2.28. The molecule has 0 saturated heterocycles. The van der Waals surface area contributed by atoms with Gasteiger partial charge in [0.15, 0.2) is 0 Å². The second kappa shape index (κ2) is 4.81. The van der Waals surface area contributed by atoms with Gasteiger partial charge >= 0.3 is 0 Å². The maximum atomic E-state index is 4.59. The van der Waals surface area contributed by atoms with Crippen LogP contribution in [0.2, 0.25) is 0 Å². The number of nitrogens with one attached hydrogen (secondary N) is 1. The van der Waals surface area contributed by atoms with Gasteiger partial charge in [0.2, 0.25) is 0 Å². The molecule has 1 N–H and O–H groups in total. The molecule has 1 aliphatic carbocycles. The topological polar surface area (TPSA) is 37.8 Å². The molecule has 0 radical (unpaired) electrons. The van der Waals surface area contributed by atoms with Crippen LogP contribution in [0, 0.1) is 12.8 Å². The van der Waals surface area contributed by atoms with E-state index in [1.807, 2.05) is 20.0 Å². The Hall–Kier alpha value is -1.12. The van der Waals surface area contributed by atoms with Crippen LogP contribution in [0.4, 0.5) is 5.82 Å². The van der Waals surface area contributed by atoms with E-state index in [0.717, 1.165) is 23.3 Å². The lowest BCUT2D eigenvalue weighted by Gasteiger charge is -2.25. The van der Waals surface area contributed by atoms with Gasteiger partial charge in [0.05, 0.1) is 0 Å². The minimum atomic E-state index is 0.566. The molecule has 0 amide bonds. The Kier molecular flexibility index (Phi) is 3.42. The molecule has 1 fully saturated rings. The van der Waals surface area contributed by atoms with Crippen molar-refractivity contribution in [1.82, 2.24) is 9.97 Å². The first-order valence-electron chi connectivity index (χ1n) is 6.22. The predicted molar refractivity (Wildman–Crippen MR) is 66.7 cm³/mol. The van der Waals surface area contributed by atoms with Crippen LogP contribution in [0.25, 0.3) is 0 Å². The molecule has 16 heavy (non-hydrogen) atoms. The lowest BCUT2D eigenvalue weighted by molar-refractivity contribution is 0.335. The standard InChI is InChI=1S/C13H21N3/c1-9-5-4-6-11(7-9)13-15-10(2)8-12(14-3)16-13/h8-9,11H,4-7H2,1-3H3,(H,14,15,16). The van der Waals surface area contributed by atoms with Crippen molar-refractivity contribution in [2.45, 2.75) is 45.4 Å². The Labute approximate surface area is 97.7 Å². The van der Waals surface area contributed by atoms with Crippen molar-refractivity contribution in [3.05, 3.63) is 17.6 Å². The van der Waals surface area contributed by atoms with E-state index in [1.54, 1.807) is 0 Å². The molecule has 1 saturated carbocycles. The highest BCUT2D eigenvalue weighted by atomic mass is 15.0. The Balaban J connectivity index is 2.21. The Morgan fingerprint density at radius 3 is 2.81 bits per heavy atom. The summed E-state index contributed by atoms with van der Waals surface area (Å²) in [6.45, 7) is 4.37. The molecule has 3 heteroatoms. The number of anilines is 1. The molecule has 2 atom stereocenters. The van der Waals surface area contributed by atoms with Gasteiger partial charge in [0, 0.05) is 24.7 Å². The van der Waals surface area contributed by atoms with Crippen LogP contribution in [-0.4, -0.2) is 17.0 Å². The van der Waals surface area contributed by atoms with Crippen LogP contribution < -0.4 is 5.32 Å². The normalized spacial score (nSPS) is 25.4. The fraction of sp³-hybridized carbons (Fsp3) is 0.692. The summed E-state index contributed by atoms with van der Waals surface area (Å²) in [4.78, 5) is 9.18. The van der Waals surface area contributed by atoms with Crippen molar-refractivity contribution >= 4 is 5.82 Å². The third-order valence-electron chi connectivity index (χ3n) is 3.43. The van der Waals surface area contributed by atoms with Gasteiger partial charge in [-0.2, -0.15) is 0 Å². The molecule has 0 aliphatic heterocycles. The Morgan fingerprint density at radius 2 is 2.12 bits per heavy atom. The van der Waals surface area contributed by atoms with E-state index in [9.17, 15) is 0 Å². The van der Waals surface area contributed by atoms with Crippen molar-refractivity contribution in [1.29, 1.82) is 0 Å². The molecule has 1 aromatic rings. The third-order valence-corrected chi connectivity index (χ3v) is 3.43. The molecule has 3 nitrogen and oxygen atoms in total. The third kappa shape index (κ3) is 2.52. The van der Waals surface area contributed by atoms with E-state index in [0.29, 0.717) is 5.92 Å². The smallest absolute Gasteiger partial charge is 0.134 e. The van der Waals surface area contributed by atoms with Gasteiger partial charge in [-0.15, -0.1) is 0 Å². The second-order valence-corrected chi connectivity index (χ2v) is 4.97. The van der Waals surface area contributed by atoms with Crippen LogP contribution in [-0.2, 0) is 0 Å². The zero-order chi connectivity index (χ0) is 11.5. The van der Waals surface area contributed by atoms with Gasteiger partial charge in [-0.3, -0.25) is 0 Å². The first-order valence-corrected chi connectivity index (χ1v) is 6.22. The molecule has 1 heterocycles. The molecule has 2 rings (SSSR count). The first kappa shape index (κ1) is 11.4. The highest BCUT2D eigenvalue weighted by Crippen LogP contribution is 2.34. The maximum absolute atomic E-state index is 4.59. The van der Waals surface area contributed by atoms with Crippen LogP contribution in [0.1, 0.15) is 50.0 Å². The highest BCUT2D eigenvalue weighted by Gasteiger charge is 2.22. The largest absolute Gasteiger partial charge is 0.373 e. The summed E-state index contributed by atoms with van der Waals surface area (Å²) in [6, 6.07) is 2.00. The number of rotatable bonds is 2. The SMILES string of the molecule is CNc1cc(C)nc(C2CCCC(C)C2)n1. The molecule has 88 valence electrons. The molecule has 0 spiro atoms. The van der Waals surface area contributed by atoms with Gasteiger partial charge < -0.3 is 5.32 Å². The summed E-state index contributed by atoms with van der Waals surface area (Å²) >= 11 is 0. The minimum absolute atomic E-state index is 0.566. The van der Waals surface area contributed by atoms with Crippen LogP contribution in [0.3, 0.4) is 0 Å². The number of nitrogens with zero attached hydrogens (tertiary/aromatic N) is 2. The van der Waals surface area contributed by atoms with Gasteiger partial charge in [-0.1, -0.05) is 19.8 Å². The van der Waals surface area contributed by atoms with E-state index in [-0.39, 0.29) is 0 Å². The zero-order valence-electron chi connectivity index (χ0n) is 10.5. The zero-order valence-corrected chi connectivity index (χ0v) is 10.5. The second-order valence-electron chi connectivity index (χ2n) is 4.97. The van der Waals surface area contributed by atoms with E-state index >= 15 is 0 Å². The summed E-state index contributed by atoms with van der Waals surface area (Å²) < 4.78 is 0. The fourth-order valence-corrected chi connectivity index (χ4v) is 2.57. The molecule has 0 aromatic carbocycles. The molecular weight excluding hydrogens is 198 g/mol. The van der Waals surface area contributed by atoms with E-state index in [4.69, 9.17) is 0 Å². The summed E-state index contributed by atoms with van der Waals surface area (Å²) in [5, 5.41) is 3.11. The lowest BCUT2D eigenvalue weighted by atomic mass is 9.82. The number of aryl methyl sites for hydroxylation is 1. The molecule has 0 bridgehead atoms. The number of aromatic nitrogens is 2. The monoisotopic (exact) mass is 219 g/mol. The van der Waals surface area contributed by atoms with Crippen molar-refractivity contribution in [2.24, 2.45) is 5.92 Å². The summed E-state index contributed by atoms with van der Waals surface area (Å²) in [5.41, 5.74) is 1.06. The minimum Gasteiger partial charge on any atom is -0.373 e. The number of hydrogen-bond donors (Lipinski definition) is 1. The van der Waals surface area contributed by atoms with Crippen LogP contribution >= 0.6 is 0 Å². The highest BCUT2D eigenvalue weighted by molar-refractivity contribution is 5.35. The van der Waals surface area contributed by atoms with Crippen molar-refractivity contribution in [2.75, 3.05) is 12.4 Å². The van der Waals surface area contributed by atoms with Crippen LogP contribution in [0.5, 0.6) is 0 Å². The quantitative estimate of drug-likeness (QED) is 0.830. The molecule has 1 aromatic heterocycles. The predicted octanol–water partition coefficient (Wildman–Crippen LogP) is 3.12. The molecule has 1 aliphatic rings.